The second-order valence-corrected chi connectivity index (χ2v) is 18.2. The molecule has 0 amide bonds. The molecule has 3 heterocycles. The molecule has 0 atom stereocenters. The fourth-order valence-electron chi connectivity index (χ4n) is 12.8. The van der Waals surface area contributed by atoms with Crippen molar-refractivity contribution >= 4 is 90.6 Å². The van der Waals surface area contributed by atoms with E-state index in [4.69, 9.17) is 11.6 Å². The Bertz CT molecular complexity index is 2880. The van der Waals surface area contributed by atoms with E-state index in [2.05, 4.69) is 172 Å². The highest BCUT2D eigenvalue weighted by molar-refractivity contribution is 7.00. The van der Waals surface area contributed by atoms with E-state index in [1.54, 1.807) is 5.56 Å². The van der Waals surface area contributed by atoms with Gasteiger partial charge < -0.3 is 14.4 Å². The fourth-order valence-corrected chi connectivity index (χ4v) is 13.0. The number of hydrogen-bond donors (Lipinski definition) is 0. The lowest BCUT2D eigenvalue weighted by molar-refractivity contribution is -0.00512. The molecule has 4 fully saturated rings. The Balaban J connectivity index is 1.05. The van der Waals surface area contributed by atoms with Crippen molar-refractivity contribution in [3.63, 3.8) is 0 Å². The molecule has 0 saturated heterocycles. The van der Waals surface area contributed by atoms with Gasteiger partial charge in [0.25, 0.3) is 6.71 Å². The first kappa shape index (κ1) is 32.4. The fraction of sp³-hybridized carbons (Fsp3) is 0.192. The molecule has 4 aliphatic carbocycles. The summed E-state index contributed by atoms with van der Waals surface area (Å²) in [5, 5.41) is 3.44. The minimum Gasteiger partial charge on any atom is -0.311 e. The molecule has 7 aromatic carbocycles. The second-order valence-electron chi connectivity index (χ2n) is 17.7. The van der Waals surface area contributed by atoms with Crippen LogP contribution in [0.15, 0.2) is 158 Å². The molecule has 2 aliphatic heterocycles. The Morgan fingerprint density at radius 3 is 1.74 bits per heavy atom. The molecule has 1 aromatic heterocycles. The number of aromatic nitrogens is 1. The van der Waals surface area contributed by atoms with Crippen LogP contribution in [0, 0.1) is 17.8 Å². The van der Waals surface area contributed by atoms with Crippen molar-refractivity contribution < 1.29 is 0 Å². The van der Waals surface area contributed by atoms with E-state index in [0.29, 0.717) is 5.41 Å². The van der Waals surface area contributed by atoms with E-state index in [0.717, 1.165) is 45.5 Å². The van der Waals surface area contributed by atoms with Crippen molar-refractivity contribution in [1.82, 2.24) is 4.57 Å². The summed E-state index contributed by atoms with van der Waals surface area (Å²) >= 11 is 7.14. The van der Waals surface area contributed by atoms with Crippen LogP contribution in [0.4, 0.5) is 34.1 Å². The van der Waals surface area contributed by atoms with Crippen LogP contribution in [0.25, 0.3) is 27.5 Å². The molecule has 0 unspecified atom stereocenters. The Morgan fingerprint density at radius 1 is 0.474 bits per heavy atom. The Labute approximate surface area is 339 Å². The number of anilines is 6. The number of hydrogen-bond acceptors (Lipinski definition) is 2. The van der Waals surface area contributed by atoms with Crippen molar-refractivity contribution in [3.8, 4) is 5.69 Å². The lowest BCUT2D eigenvalue weighted by atomic mass is 9.33. The zero-order chi connectivity index (χ0) is 37.4. The van der Waals surface area contributed by atoms with Crippen LogP contribution < -0.4 is 26.2 Å². The number of nitrogens with zero attached hydrogens (tertiary/aromatic N) is 3. The van der Waals surface area contributed by atoms with Gasteiger partial charge in [-0.05, 0) is 163 Å². The highest BCUT2D eigenvalue weighted by Gasteiger charge is 2.51. The summed E-state index contributed by atoms with van der Waals surface area (Å²) in [6, 6.07) is 58.7. The molecule has 0 spiro atoms. The maximum absolute atomic E-state index is 7.14. The third-order valence-electron chi connectivity index (χ3n) is 14.5. The molecule has 6 aliphatic rings. The molecule has 0 radical (unpaired) electrons. The van der Waals surface area contributed by atoms with E-state index < -0.39 is 0 Å². The average molecular weight is 754 g/mol. The summed E-state index contributed by atoms with van der Waals surface area (Å²) in [7, 11) is 0. The van der Waals surface area contributed by atoms with Gasteiger partial charge in [-0.1, -0.05) is 90.5 Å². The van der Waals surface area contributed by atoms with Gasteiger partial charge >= 0.3 is 0 Å². The molecule has 14 rings (SSSR count). The summed E-state index contributed by atoms with van der Waals surface area (Å²) in [6.45, 7) is 0.00844. The van der Waals surface area contributed by atoms with Crippen LogP contribution in [0.3, 0.4) is 0 Å². The van der Waals surface area contributed by atoms with E-state index in [-0.39, 0.29) is 6.71 Å². The average Bonchev–Trinajstić information content (AvgIpc) is 3.57. The molecule has 5 heteroatoms. The van der Waals surface area contributed by atoms with Gasteiger partial charge in [0.1, 0.15) is 0 Å². The molecule has 4 saturated carbocycles. The van der Waals surface area contributed by atoms with E-state index in [1.165, 1.54) is 93.8 Å². The Morgan fingerprint density at radius 2 is 1.05 bits per heavy atom. The molecule has 4 bridgehead atoms. The topological polar surface area (TPSA) is 11.4 Å². The van der Waals surface area contributed by atoms with Crippen molar-refractivity contribution in [2.24, 2.45) is 17.8 Å². The monoisotopic (exact) mass is 753 g/mol. The lowest BCUT2D eigenvalue weighted by Crippen LogP contribution is -2.61. The van der Waals surface area contributed by atoms with Crippen LogP contribution in [0.2, 0.25) is 5.02 Å². The molecule has 3 nitrogen and oxygen atoms in total. The van der Waals surface area contributed by atoms with Crippen molar-refractivity contribution in [2.45, 2.75) is 43.9 Å². The first-order chi connectivity index (χ1) is 28.1. The largest absolute Gasteiger partial charge is 0.311 e. The third kappa shape index (κ3) is 4.62. The SMILES string of the molecule is Clc1cc2c3c(c1)N(c1ccccc1)c1ccc(-n4c5ccccc5c5cc(C67CC8CC(CC(C8)C6)C7)ccc54)cc1B3c1ccccc1N2c1ccccc1. The normalized spacial score (nSPS) is 22.5. The maximum atomic E-state index is 7.14. The smallest absolute Gasteiger partial charge is 0.252 e. The maximum Gasteiger partial charge on any atom is 0.252 e. The molecule has 274 valence electrons. The third-order valence-corrected chi connectivity index (χ3v) is 14.8. The van der Waals surface area contributed by atoms with Gasteiger partial charge in [0, 0.05) is 55.6 Å². The van der Waals surface area contributed by atoms with E-state index in [9.17, 15) is 0 Å². The number of para-hydroxylation sites is 4. The van der Waals surface area contributed by atoms with E-state index >= 15 is 0 Å². The number of rotatable bonds is 4. The summed E-state index contributed by atoms with van der Waals surface area (Å²) < 4.78 is 2.53. The van der Waals surface area contributed by atoms with E-state index in [1.807, 2.05) is 0 Å². The van der Waals surface area contributed by atoms with Gasteiger partial charge in [-0.25, -0.2) is 0 Å². The molecule has 8 aromatic rings. The van der Waals surface area contributed by atoms with Crippen LogP contribution in [0.5, 0.6) is 0 Å². The van der Waals surface area contributed by atoms with Crippen molar-refractivity contribution in [3.05, 3.63) is 168 Å². The van der Waals surface area contributed by atoms with Gasteiger partial charge in [0.2, 0.25) is 0 Å². The predicted octanol–water partition coefficient (Wildman–Crippen LogP) is 12.0. The minimum atomic E-state index is 0.00844. The van der Waals surface area contributed by atoms with Gasteiger partial charge in [0.15, 0.2) is 0 Å². The Hall–Kier alpha value is -5.71. The Kier molecular flexibility index (Phi) is 6.77. The highest BCUT2D eigenvalue weighted by Crippen LogP contribution is 2.61. The first-order valence-corrected chi connectivity index (χ1v) is 21.3. The minimum absolute atomic E-state index is 0.00844. The summed E-state index contributed by atoms with van der Waals surface area (Å²) in [5.41, 5.74) is 16.4. The predicted molar refractivity (Wildman–Crippen MR) is 240 cm³/mol. The highest BCUT2D eigenvalue weighted by atomic mass is 35.5. The standard InChI is InChI=1S/C52H41BClN3/c54-37-27-49-51-50(28-37)56(39-13-5-2-6-14-39)48-22-20-40(29-44(48)53(51)43-16-8-10-18-47(43)55(49)38-11-3-1-4-12-38)57-45-17-9-7-15-41(45)42-26-36(19-21-46(42)57)52-30-33-23-34(31-52)25-35(24-33)32-52/h1-22,26-29,33-35H,23-25,30-32H2. The van der Waals surface area contributed by atoms with Crippen molar-refractivity contribution in [2.75, 3.05) is 9.80 Å². The quantitative estimate of drug-likeness (QED) is 0.166. The van der Waals surface area contributed by atoms with Crippen LogP contribution in [0.1, 0.15) is 44.1 Å². The zero-order valence-electron chi connectivity index (χ0n) is 31.8. The second kappa shape index (κ2) is 11.9. The lowest BCUT2D eigenvalue weighted by Gasteiger charge is -2.57. The van der Waals surface area contributed by atoms with Gasteiger partial charge in [0.05, 0.1) is 11.0 Å². The molecule has 0 N–H and O–H groups in total. The van der Waals surface area contributed by atoms with Crippen LogP contribution in [-0.2, 0) is 5.41 Å². The van der Waals surface area contributed by atoms with Crippen LogP contribution >= 0.6 is 11.6 Å². The summed E-state index contributed by atoms with van der Waals surface area (Å²) in [6.07, 6.45) is 8.54. The zero-order valence-corrected chi connectivity index (χ0v) is 32.5. The van der Waals surface area contributed by atoms with Gasteiger partial charge in [-0.3, -0.25) is 0 Å². The number of fused-ring (bicyclic) bond motifs is 7. The summed E-state index contributed by atoms with van der Waals surface area (Å²) in [4.78, 5) is 4.84. The van der Waals surface area contributed by atoms with Gasteiger partial charge in [-0.15, -0.1) is 0 Å². The molecular weight excluding hydrogens is 713 g/mol. The van der Waals surface area contributed by atoms with Gasteiger partial charge in [-0.2, -0.15) is 0 Å². The first-order valence-electron chi connectivity index (χ1n) is 20.9. The number of halogens is 1. The van der Waals surface area contributed by atoms with Crippen molar-refractivity contribution in [1.29, 1.82) is 0 Å². The summed E-state index contributed by atoms with van der Waals surface area (Å²) in [5.74, 6) is 2.77. The molecule has 57 heavy (non-hydrogen) atoms. The molecular formula is C52H41BClN3. The van der Waals surface area contributed by atoms with Crippen LogP contribution in [-0.4, -0.2) is 11.3 Å². The number of benzene rings is 7.